The topological polar surface area (TPSA) is 78.2 Å². The number of ether oxygens (including phenoxy) is 1. The molecule has 0 aromatic carbocycles. The molecule has 0 spiro atoms. The molecule has 148 valence electrons. The van der Waals surface area contributed by atoms with Gasteiger partial charge < -0.3 is 14.4 Å². The Morgan fingerprint density at radius 2 is 2.07 bits per heavy atom. The molecule has 0 unspecified atom stereocenters. The first-order valence-electron chi connectivity index (χ1n) is 9.04. The van der Waals surface area contributed by atoms with Gasteiger partial charge in [0.2, 0.25) is 0 Å². The van der Waals surface area contributed by atoms with Gasteiger partial charge in [0.25, 0.3) is 0 Å². The zero-order chi connectivity index (χ0) is 20.2. The summed E-state index contributed by atoms with van der Waals surface area (Å²) in [5.41, 5.74) is 4.02. The Morgan fingerprint density at radius 1 is 1.21 bits per heavy atom. The van der Waals surface area contributed by atoms with Gasteiger partial charge in [0.15, 0.2) is 0 Å². The van der Waals surface area contributed by atoms with Crippen LogP contribution in [0.25, 0.3) is 0 Å². The highest BCUT2D eigenvalue weighted by atomic mass is 16.6. The van der Waals surface area contributed by atoms with E-state index in [2.05, 4.69) is 26.9 Å². The van der Waals surface area contributed by atoms with Gasteiger partial charge in [-0.1, -0.05) is 29.0 Å². The maximum atomic E-state index is 5.57. The second-order valence-electron chi connectivity index (χ2n) is 5.98. The van der Waals surface area contributed by atoms with Crippen LogP contribution in [0.1, 0.15) is 36.1 Å². The summed E-state index contributed by atoms with van der Waals surface area (Å²) < 4.78 is 5.57. The van der Waals surface area contributed by atoms with Crippen molar-refractivity contribution in [3.05, 3.63) is 65.8 Å². The third-order valence-electron chi connectivity index (χ3n) is 3.71. The Balaban J connectivity index is 1.83. The van der Waals surface area contributed by atoms with Crippen molar-refractivity contribution in [1.82, 2.24) is 9.97 Å². The molecule has 0 atom stereocenters. The van der Waals surface area contributed by atoms with E-state index in [1.165, 1.54) is 7.11 Å². The molecule has 0 aliphatic heterocycles. The van der Waals surface area contributed by atoms with Crippen molar-refractivity contribution in [2.75, 3.05) is 20.3 Å². The molecule has 0 aliphatic carbocycles. The molecule has 28 heavy (non-hydrogen) atoms. The number of rotatable bonds is 11. The van der Waals surface area contributed by atoms with Gasteiger partial charge in [-0.25, -0.2) is 4.98 Å². The highest BCUT2D eigenvalue weighted by Crippen LogP contribution is 2.15. The monoisotopic (exact) mass is 382 g/mol. The van der Waals surface area contributed by atoms with Crippen LogP contribution in [0, 0.1) is 6.92 Å². The van der Waals surface area contributed by atoms with Crippen LogP contribution >= 0.6 is 0 Å². The van der Waals surface area contributed by atoms with E-state index < -0.39 is 0 Å². The maximum Gasteiger partial charge on any atom is 0.147 e. The van der Waals surface area contributed by atoms with E-state index in [9.17, 15) is 0 Å². The molecule has 0 saturated heterocycles. The predicted octanol–water partition coefficient (Wildman–Crippen LogP) is 3.70. The van der Waals surface area contributed by atoms with Gasteiger partial charge in [0, 0.05) is 11.4 Å². The second-order valence-corrected chi connectivity index (χ2v) is 5.98. The summed E-state index contributed by atoms with van der Waals surface area (Å²) in [6.45, 7) is 8.30. The Labute approximate surface area is 165 Å². The van der Waals surface area contributed by atoms with Crippen LogP contribution in [0.5, 0.6) is 5.75 Å². The first-order valence-corrected chi connectivity index (χ1v) is 9.04. The Kier molecular flexibility index (Phi) is 8.65. The molecule has 0 fully saturated rings. The van der Waals surface area contributed by atoms with Gasteiger partial charge in [0.1, 0.15) is 37.5 Å². The van der Waals surface area contributed by atoms with Gasteiger partial charge in [-0.15, -0.1) is 0 Å². The number of oxime groups is 2. The van der Waals surface area contributed by atoms with Crippen molar-refractivity contribution < 1.29 is 14.4 Å². The molecule has 2 heterocycles. The molecule has 2 aromatic heterocycles. The minimum absolute atomic E-state index is 0.410. The van der Waals surface area contributed by atoms with Crippen molar-refractivity contribution in [3.8, 4) is 5.75 Å². The molecule has 0 bridgehead atoms. The summed E-state index contributed by atoms with van der Waals surface area (Å²) in [7, 11) is 1.52. The number of aromatic nitrogens is 2. The van der Waals surface area contributed by atoms with E-state index in [0.717, 1.165) is 35.6 Å². The van der Waals surface area contributed by atoms with Crippen molar-refractivity contribution in [2.45, 2.75) is 26.7 Å². The Hall–Kier alpha value is -3.22. The van der Waals surface area contributed by atoms with Crippen LogP contribution in [0.3, 0.4) is 0 Å². The molecule has 0 aliphatic rings. The van der Waals surface area contributed by atoms with Gasteiger partial charge in [-0.05, 0) is 51.0 Å². The van der Waals surface area contributed by atoms with Crippen LogP contribution in [0.15, 0.2) is 53.3 Å². The molecule has 0 radical (unpaired) electrons. The molecular formula is C21H26N4O3. The average molecular weight is 382 g/mol. The summed E-state index contributed by atoms with van der Waals surface area (Å²) in [4.78, 5) is 19.1. The smallest absolute Gasteiger partial charge is 0.147 e. The van der Waals surface area contributed by atoms with Gasteiger partial charge in [-0.2, -0.15) is 0 Å². The van der Waals surface area contributed by atoms with Crippen molar-refractivity contribution in [2.24, 2.45) is 10.3 Å². The largest absolute Gasteiger partial charge is 0.487 e. The van der Waals surface area contributed by atoms with Crippen LogP contribution in [-0.2, 0) is 16.1 Å². The number of pyridine rings is 2. The van der Waals surface area contributed by atoms with Crippen LogP contribution < -0.4 is 4.74 Å². The minimum Gasteiger partial charge on any atom is -0.487 e. The minimum atomic E-state index is 0.410. The molecule has 2 aromatic rings. The van der Waals surface area contributed by atoms with Gasteiger partial charge >= 0.3 is 0 Å². The van der Waals surface area contributed by atoms with E-state index in [4.69, 9.17) is 14.4 Å². The Bertz CT molecular complexity index is 834. The number of nitrogens with zero attached hydrogens (tertiary/aromatic N) is 4. The summed E-state index contributed by atoms with van der Waals surface area (Å²) in [6, 6.07) is 9.59. The van der Waals surface area contributed by atoms with Gasteiger partial charge in [-0.3, -0.25) is 4.98 Å². The lowest BCUT2D eigenvalue weighted by Crippen LogP contribution is -2.03. The second kappa shape index (κ2) is 11.5. The fourth-order valence-electron chi connectivity index (χ4n) is 2.39. The van der Waals surface area contributed by atoms with E-state index in [-0.39, 0.29) is 0 Å². The van der Waals surface area contributed by atoms with Crippen molar-refractivity contribution in [1.29, 1.82) is 0 Å². The fourth-order valence-corrected chi connectivity index (χ4v) is 2.39. The lowest BCUT2D eigenvalue weighted by molar-refractivity contribution is 0.143. The zero-order valence-electron chi connectivity index (χ0n) is 16.6. The molecule has 2 rings (SSSR count). The number of hydrogen-bond acceptors (Lipinski definition) is 7. The molecule has 7 heteroatoms. The normalized spacial score (nSPS) is 11.5. The SMILES string of the molecule is C=CCOc1ccc(C)nc1C=NOCCCc1cccc(C(C)=NOC)n1. The van der Waals surface area contributed by atoms with E-state index >= 15 is 0 Å². The fraction of sp³-hybridized carbons (Fsp3) is 0.333. The van der Waals surface area contributed by atoms with Crippen LogP contribution in [-0.4, -0.2) is 42.2 Å². The van der Waals surface area contributed by atoms with Crippen LogP contribution in [0.2, 0.25) is 0 Å². The Morgan fingerprint density at radius 3 is 2.86 bits per heavy atom. The molecule has 0 amide bonds. The predicted molar refractivity (Wildman–Crippen MR) is 110 cm³/mol. The third-order valence-corrected chi connectivity index (χ3v) is 3.71. The molecule has 0 N–H and O–H groups in total. The standard InChI is InChI=1S/C21H26N4O3/c1-5-13-27-21-12-11-16(2)23-20(21)15-22-28-14-7-9-18-8-6-10-19(24-18)17(3)25-26-4/h5-6,8,10-12,15H,1,7,9,13-14H2,2-4H3. The quantitative estimate of drug-likeness (QED) is 0.256. The van der Waals surface area contributed by atoms with Crippen LogP contribution in [0.4, 0.5) is 0 Å². The average Bonchev–Trinajstić information content (AvgIpc) is 2.70. The third kappa shape index (κ3) is 6.83. The molecular weight excluding hydrogens is 356 g/mol. The summed E-state index contributed by atoms with van der Waals surface area (Å²) in [5.74, 6) is 0.645. The van der Waals surface area contributed by atoms with E-state index in [0.29, 0.717) is 24.7 Å². The van der Waals surface area contributed by atoms with Crippen molar-refractivity contribution in [3.63, 3.8) is 0 Å². The summed E-state index contributed by atoms with van der Waals surface area (Å²) in [6.07, 6.45) is 4.81. The summed E-state index contributed by atoms with van der Waals surface area (Å²) >= 11 is 0. The first-order chi connectivity index (χ1) is 13.6. The first kappa shape index (κ1) is 21.1. The number of hydrogen-bond donors (Lipinski definition) is 0. The van der Waals surface area contributed by atoms with Crippen molar-refractivity contribution >= 4 is 11.9 Å². The van der Waals surface area contributed by atoms with Gasteiger partial charge in [0.05, 0.1) is 11.9 Å². The van der Waals surface area contributed by atoms with E-state index in [1.807, 2.05) is 44.2 Å². The lowest BCUT2D eigenvalue weighted by Gasteiger charge is -2.07. The molecule has 7 nitrogen and oxygen atoms in total. The van der Waals surface area contributed by atoms with E-state index in [1.54, 1.807) is 12.3 Å². The lowest BCUT2D eigenvalue weighted by atomic mass is 10.2. The molecule has 0 saturated carbocycles. The summed E-state index contributed by atoms with van der Waals surface area (Å²) in [5, 5.41) is 7.91. The zero-order valence-corrected chi connectivity index (χ0v) is 16.6. The maximum absolute atomic E-state index is 5.57. The number of aryl methyl sites for hydroxylation is 2. The highest BCUT2D eigenvalue weighted by Gasteiger charge is 2.04. The highest BCUT2D eigenvalue weighted by molar-refractivity contribution is 5.96.